The fourth-order valence-electron chi connectivity index (χ4n) is 1.26. The Bertz CT molecular complexity index is 597. The molecule has 0 aliphatic carbocycles. The third kappa shape index (κ3) is 3.60. The van der Waals surface area contributed by atoms with E-state index in [2.05, 4.69) is 79.6 Å². The molecule has 0 radical (unpaired) electrons. The van der Waals surface area contributed by atoms with Crippen molar-refractivity contribution >= 4 is 79.6 Å². The van der Waals surface area contributed by atoms with E-state index in [-0.39, 0.29) is 0 Å². The van der Waals surface area contributed by atoms with Crippen LogP contribution in [0.2, 0.25) is 0 Å². The van der Waals surface area contributed by atoms with Gasteiger partial charge in [-0.1, -0.05) is 15.9 Å². The summed E-state index contributed by atoms with van der Waals surface area (Å²) in [5.74, 6) is 1.49. The van der Waals surface area contributed by atoms with E-state index in [1.807, 2.05) is 30.3 Å². The van der Waals surface area contributed by atoms with Crippen LogP contribution in [0.5, 0.6) is 11.5 Å². The lowest BCUT2D eigenvalue weighted by Gasteiger charge is -2.11. The Labute approximate surface area is 147 Å². The van der Waals surface area contributed by atoms with E-state index < -0.39 is 0 Å². The fourth-order valence-corrected chi connectivity index (χ4v) is 3.32. The second kappa shape index (κ2) is 6.39. The predicted molar refractivity (Wildman–Crippen MR) is 91.5 cm³/mol. The van der Waals surface area contributed by atoms with Gasteiger partial charge in [0.05, 0.1) is 8.95 Å². The summed E-state index contributed by atoms with van der Waals surface area (Å²) < 4.78 is 10.5. The van der Waals surface area contributed by atoms with Gasteiger partial charge in [0.1, 0.15) is 11.5 Å². The first kappa shape index (κ1) is 15.0. The zero-order chi connectivity index (χ0) is 13.3. The van der Waals surface area contributed by atoms with Crippen LogP contribution >= 0.6 is 79.6 Å². The lowest BCUT2D eigenvalue weighted by Crippen LogP contribution is -1.88. The Morgan fingerprint density at radius 3 is 1.94 bits per heavy atom. The average Bonchev–Trinajstić information content (AvgIpc) is 2.30. The lowest BCUT2D eigenvalue weighted by molar-refractivity contribution is 0.476. The molecule has 6 heteroatoms. The van der Waals surface area contributed by atoms with Crippen LogP contribution in [0.3, 0.4) is 0 Å². The summed E-state index contributed by atoms with van der Waals surface area (Å²) >= 11 is 17.3. The van der Waals surface area contributed by atoms with Gasteiger partial charge in [-0.25, -0.2) is 0 Å². The van der Waals surface area contributed by atoms with E-state index in [0.29, 0.717) is 0 Å². The first-order valence-electron chi connectivity index (χ1n) is 4.75. The quantitative estimate of drug-likeness (QED) is 0.348. The molecule has 18 heavy (non-hydrogen) atoms. The summed E-state index contributed by atoms with van der Waals surface area (Å²) in [7, 11) is 0. The number of halogens is 5. The van der Waals surface area contributed by atoms with Crippen molar-refractivity contribution in [2.75, 3.05) is 0 Å². The minimum absolute atomic E-state index is 0.740. The zero-order valence-corrected chi connectivity index (χ0v) is 16.6. The van der Waals surface area contributed by atoms with Crippen LogP contribution in [0.4, 0.5) is 0 Å². The highest BCUT2D eigenvalue weighted by molar-refractivity contribution is 9.13. The molecule has 2 rings (SSSR count). The van der Waals surface area contributed by atoms with Gasteiger partial charge in [0.15, 0.2) is 0 Å². The first-order valence-corrected chi connectivity index (χ1v) is 8.71. The second-order valence-corrected chi connectivity index (χ2v) is 7.71. The van der Waals surface area contributed by atoms with Crippen molar-refractivity contribution in [3.8, 4) is 11.5 Å². The summed E-state index contributed by atoms with van der Waals surface area (Å²) in [5, 5.41) is 0. The monoisotopic (exact) mass is 560 g/mol. The van der Waals surface area contributed by atoms with Gasteiger partial charge >= 0.3 is 0 Å². The summed E-state index contributed by atoms with van der Waals surface area (Å²) in [6, 6.07) is 9.63. The molecule has 0 saturated carbocycles. The molecule has 0 aliphatic heterocycles. The lowest BCUT2D eigenvalue weighted by atomic mass is 10.3. The molecule has 2 aromatic carbocycles. The van der Waals surface area contributed by atoms with Crippen molar-refractivity contribution in [1.82, 2.24) is 0 Å². The molecule has 0 aromatic heterocycles. The minimum atomic E-state index is 0.740. The molecule has 0 unspecified atom stereocenters. The van der Waals surface area contributed by atoms with E-state index in [9.17, 15) is 0 Å². The maximum atomic E-state index is 5.88. The molecule has 0 spiro atoms. The molecular formula is C12H5Br5O. The predicted octanol–water partition coefficient (Wildman–Crippen LogP) is 7.29. The number of ether oxygens (including phenoxy) is 1. The van der Waals surface area contributed by atoms with E-state index >= 15 is 0 Å². The summed E-state index contributed by atoms with van der Waals surface area (Å²) in [6.07, 6.45) is 0. The van der Waals surface area contributed by atoms with Crippen molar-refractivity contribution in [3.05, 3.63) is 52.7 Å². The Morgan fingerprint density at radius 1 is 0.611 bits per heavy atom. The van der Waals surface area contributed by atoms with Gasteiger partial charge < -0.3 is 4.74 Å². The molecule has 0 fully saturated rings. The largest absolute Gasteiger partial charge is 0.455 e. The molecule has 0 aliphatic rings. The first-order chi connectivity index (χ1) is 8.47. The van der Waals surface area contributed by atoms with Crippen molar-refractivity contribution in [1.29, 1.82) is 0 Å². The van der Waals surface area contributed by atoms with Crippen LogP contribution in [0.25, 0.3) is 0 Å². The minimum Gasteiger partial charge on any atom is -0.455 e. The van der Waals surface area contributed by atoms with Crippen molar-refractivity contribution in [2.24, 2.45) is 0 Å². The van der Waals surface area contributed by atoms with Crippen molar-refractivity contribution in [2.45, 2.75) is 0 Å². The third-order valence-corrected chi connectivity index (χ3v) is 5.70. The Kier molecular flexibility index (Phi) is 5.34. The van der Waals surface area contributed by atoms with Gasteiger partial charge in [-0.05, 0) is 94.1 Å². The molecule has 94 valence electrons. The van der Waals surface area contributed by atoms with Crippen LogP contribution in [0.15, 0.2) is 52.7 Å². The molecule has 2 aromatic rings. The molecule has 0 heterocycles. The maximum Gasteiger partial charge on any atom is 0.142 e. The maximum absolute atomic E-state index is 5.88. The zero-order valence-electron chi connectivity index (χ0n) is 8.68. The third-order valence-electron chi connectivity index (χ3n) is 2.09. The topological polar surface area (TPSA) is 9.23 Å². The van der Waals surface area contributed by atoms with Crippen LogP contribution in [-0.2, 0) is 0 Å². The summed E-state index contributed by atoms with van der Waals surface area (Å²) in [6.45, 7) is 0. The molecule has 0 N–H and O–H groups in total. The standard InChI is InChI=1S/C12H5Br5O/c13-6-1-2-7(14)11(3-6)18-12-5-9(16)8(15)4-10(12)17/h1-5H. The van der Waals surface area contributed by atoms with E-state index in [4.69, 9.17) is 4.74 Å². The normalized spacial score (nSPS) is 10.5. The Morgan fingerprint density at radius 2 is 1.22 bits per heavy atom. The highest BCUT2D eigenvalue weighted by Crippen LogP contribution is 2.39. The molecular weight excluding hydrogens is 560 g/mol. The van der Waals surface area contributed by atoms with Gasteiger partial charge in [-0.3, -0.25) is 0 Å². The second-order valence-electron chi connectivity index (χ2n) is 3.37. The van der Waals surface area contributed by atoms with E-state index in [0.717, 1.165) is 33.9 Å². The van der Waals surface area contributed by atoms with Gasteiger partial charge in [0.25, 0.3) is 0 Å². The molecule has 0 amide bonds. The average molecular weight is 565 g/mol. The smallest absolute Gasteiger partial charge is 0.142 e. The summed E-state index contributed by atoms with van der Waals surface area (Å²) in [4.78, 5) is 0. The fraction of sp³-hybridized carbons (Fsp3) is 0. The van der Waals surface area contributed by atoms with Gasteiger partial charge in [-0.15, -0.1) is 0 Å². The van der Waals surface area contributed by atoms with Gasteiger partial charge in [0, 0.05) is 13.4 Å². The molecule has 0 atom stereocenters. The summed E-state index contributed by atoms with van der Waals surface area (Å²) in [5.41, 5.74) is 0. The van der Waals surface area contributed by atoms with E-state index in [1.54, 1.807) is 0 Å². The van der Waals surface area contributed by atoms with Crippen LogP contribution in [0.1, 0.15) is 0 Å². The molecule has 0 bridgehead atoms. The van der Waals surface area contributed by atoms with Crippen LogP contribution in [0, 0.1) is 0 Å². The van der Waals surface area contributed by atoms with Crippen LogP contribution in [-0.4, -0.2) is 0 Å². The van der Waals surface area contributed by atoms with Crippen LogP contribution < -0.4 is 4.74 Å². The Hall–Kier alpha value is 0.640. The number of rotatable bonds is 2. The van der Waals surface area contributed by atoms with Crippen molar-refractivity contribution < 1.29 is 4.74 Å². The van der Waals surface area contributed by atoms with Crippen molar-refractivity contribution in [3.63, 3.8) is 0 Å². The molecule has 0 saturated heterocycles. The SMILES string of the molecule is Brc1ccc(Br)c(Oc2cc(Br)c(Br)cc2Br)c1. The number of benzene rings is 2. The van der Waals surface area contributed by atoms with Gasteiger partial charge in [0.2, 0.25) is 0 Å². The van der Waals surface area contributed by atoms with Gasteiger partial charge in [-0.2, -0.15) is 0 Å². The highest BCUT2D eigenvalue weighted by atomic mass is 79.9. The number of hydrogen-bond acceptors (Lipinski definition) is 1. The molecule has 1 nitrogen and oxygen atoms in total. The highest BCUT2D eigenvalue weighted by Gasteiger charge is 2.09. The number of hydrogen-bond donors (Lipinski definition) is 0. The Balaban J connectivity index is 2.40. The van der Waals surface area contributed by atoms with E-state index in [1.165, 1.54) is 0 Å².